The van der Waals surface area contributed by atoms with E-state index in [1.165, 1.54) is 0 Å². The smallest absolute Gasteiger partial charge is 0.245 e. The van der Waals surface area contributed by atoms with Crippen molar-refractivity contribution in [1.82, 2.24) is 4.98 Å². The first-order valence-corrected chi connectivity index (χ1v) is 9.40. The zero-order valence-electron chi connectivity index (χ0n) is 15.5. The van der Waals surface area contributed by atoms with Crippen molar-refractivity contribution in [2.24, 2.45) is 11.1 Å². The highest BCUT2D eigenvalue weighted by atomic mass is 35.5. The summed E-state index contributed by atoms with van der Waals surface area (Å²) in [5.41, 5.74) is 7.82. The zero-order valence-corrected chi connectivity index (χ0v) is 17.2. The number of benzene rings is 1. The fourth-order valence-corrected chi connectivity index (χ4v) is 3.91. The lowest BCUT2D eigenvalue weighted by Gasteiger charge is -2.57. The summed E-state index contributed by atoms with van der Waals surface area (Å²) in [5.74, 6) is -0.161. The Morgan fingerprint density at radius 3 is 2.54 bits per heavy atom. The van der Waals surface area contributed by atoms with Crippen LogP contribution in [0.5, 0.6) is 0 Å². The van der Waals surface area contributed by atoms with Gasteiger partial charge in [0.1, 0.15) is 5.54 Å². The number of aromatic nitrogens is 1. The highest BCUT2D eigenvalue weighted by Gasteiger charge is 2.62. The van der Waals surface area contributed by atoms with Crippen LogP contribution in [0.3, 0.4) is 0 Å². The van der Waals surface area contributed by atoms with Crippen LogP contribution in [0, 0.1) is 12.3 Å². The molecule has 0 spiro atoms. The fourth-order valence-electron chi connectivity index (χ4n) is 3.28. The quantitative estimate of drug-likeness (QED) is 0.801. The molecule has 0 saturated heterocycles. The van der Waals surface area contributed by atoms with Crippen molar-refractivity contribution in [3.63, 3.8) is 0 Å². The number of hydrogen-bond acceptors (Lipinski definition) is 5. The van der Waals surface area contributed by atoms with E-state index in [0.717, 1.165) is 22.0 Å². The van der Waals surface area contributed by atoms with E-state index < -0.39 is 11.0 Å². The predicted octanol–water partition coefficient (Wildman–Crippen LogP) is 4.01. The molecule has 0 radical (unpaired) electrons. The number of nitrogens with zero attached hydrogens (tertiary/aromatic N) is 1. The number of nitrogens with two attached hydrogens (primary N) is 1. The Hall–Kier alpha value is -1.47. The Morgan fingerprint density at radius 2 is 2.04 bits per heavy atom. The topological polar surface area (TPSA) is 77.2 Å². The second-order valence-corrected chi connectivity index (χ2v) is 8.19. The van der Waals surface area contributed by atoms with E-state index in [2.05, 4.69) is 10.3 Å². The van der Waals surface area contributed by atoms with E-state index >= 15 is 0 Å². The number of hydrogen-bond donors (Lipinski definition) is 2. The van der Waals surface area contributed by atoms with E-state index in [-0.39, 0.29) is 24.4 Å². The van der Waals surface area contributed by atoms with Gasteiger partial charge in [0.15, 0.2) is 0 Å². The van der Waals surface area contributed by atoms with Crippen LogP contribution < -0.4 is 11.1 Å². The van der Waals surface area contributed by atoms with Crippen molar-refractivity contribution in [3.05, 3.63) is 34.7 Å². The maximum atomic E-state index is 12.7. The minimum absolute atomic E-state index is 0. The highest BCUT2D eigenvalue weighted by molar-refractivity contribution is 7.09. The number of rotatable bonds is 5. The Labute approximate surface area is 164 Å². The Morgan fingerprint density at radius 1 is 1.38 bits per heavy atom. The molecule has 0 aliphatic heterocycles. The van der Waals surface area contributed by atoms with Gasteiger partial charge in [-0.1, -0.05) is 26.0 Å². The van der Waals surface area contributed by atoms with Crippen LogP contribution in [0.15, 0.2) is 29.6 Å². The van der Waals surface area contributed by atoms with Crippen LogP contribution in [0.25, 0.3) is 11.3 Å². The molecule has 7 heteroatoms. The molecule has 1 saturated carbocycles. The van der Waals surface area contributed by atoms with Gasteiger partial charge in [-0.2, -0.15) is 0 Å². The first-order valence-electron chi connectivity index (χ1n) is 8.52. The molecule has 5 nitrogen and oxygen atoms in total. The van der Waals surface area contributed by atoms with Gasteiger partial charge in [0.2, 0.25) is 5.91 Å². The molecular weight excluding hydrogens is 370 g/mol. The second-order valence-electron chi connectivity index (χ2n) is 7.12. The summed E-state index contributed by atoms with van der Waals surface area (Å²) < 4.78 is 5.69. The van der Waals surface area contributed by atoms with Crippen molar-refractivity contribution in [2.45, 2.75) is 45.8 Å². The molecule has 3 rings (SSSR count). The number of carbonyl (C=O) groups excluding carboxylic acids is 1. The summed E-state index contributed by atoms with van der Waals surface area (Å²) in [5, 5.41) is 6.02. The summed E-state index contributed by atoms with van der Waals surface area (Å²) in [7, 11) is 0. The van der Waals surface area contributed by atoms with Crippen LogP contribution in [-0.2, 0) is 9.53 Å². The van der Waals surface area contributed by atoms with Crippen molar-refractivity contribution >= 4 is 35.3 Å². The van der Waals surface area contributed by atoms with E-state index in [1.54, 1.807) is 11.3 Å². The van der Waals surface area contributed by atoms with E-state index in [9.17, 15) is 4.79 Å². The van der Waals surface area contributed by atoms with Crippen LogP contribution in [0.2, 0.25) is 0 Å². The standard InChI is InChI=1S/C19H25N3O2S.ClH/c1-5-24-16-10-19(20,18(16,3)4)17(23)22-14-8-6-13(7-9-14)15-11-25-12(2)21-15;/h6-9,11,16H,5,10,20H2,1-4H3,(H,22,23);1H. The molecule has 1 amide bonds. The van der Waals surface area contributed by atoms with E-state index in [1.807, 2.05) is 57.3 Å². The molecular formula is C19H26ClN3O2S. The number of ether oxygens (including phenoxy) is 1. The molecule has 1 aromatic heterocycles. The van der Waals surface area contributed by atoms with E-state index in [4.69, 9.17) is 10.5 Å². The van der Waals surface area contributed by atoms with Crippen molar-refractivity contribution in [3.8, 4) is 11.3 Å². The highest BCUT2D eigenvalue weighted by Crippen LogP contribution is 2.50. The minimum Gasteiger partial charge on any atom is -0.378 e. The average molecular weight is 396 g/mol. The van der Waals surface area contributed by atoms with Gasteiger partial charge in [-0.3, -0.25) is 4.79 Å². The lowest BCUT2D eigenvalue weighted by atomic mass is 9.54. The van der Waals surface area contributed by atoms with Crippen molar-refractivity contribution in [1.29, 1.82) is 0 Å². The van der Waals surface area contributed by atoms with Crippen LogP contribution >= 0.6 is 23.7 Å². The molecule has 1 aliphatic rings. The lowest BCUT2D eigenvalue weighted by Crippen LogP contribution is -2.74. The average Bonchev–Trinajstić information content (AvgIpc) is 3.01. The summed E-state index contributed by atoms with van der Waals surface area (Å²) in [6, 6.07) is 7.69. The maximum Gasteiger partial charge on any atom is 0.245 e. The molecule has 0 bridgehead atoms. The van der Waals surface area contributed by atoms with Gasteiger partial charge in [0.05, 0.1) is 16.8 Å². The number of thiazole rings is 1. The van der Waals surface area contributed by atoms with Gasteiger partial charge < -0.3 is 15.8 Å². The molecule has 2 unspecified atom stereocenters. The largest absolute Gasteiger partial charge is 0.378 e. The monoisotopic (exact) mass is 395 g/mol. The summed E-state index contributed by atoms with van der Waals surface area (Å²) in [6.45, 7) is 8.55. The van der Waals surface area contributed by atoms with Crippen LogP contribution in [0.1, 0.15) is 32.2 Å². The molecule has 1 aromatic carbocycles. The molecule has 1 fully saturated rings. The number of aryl methyl sites for hydroxylation is 1. The van der Waals surface area contributed by atoms with Gasteiger partial charge in [0, 0.05) is 35.1 Å². The third-order valence-electron chi connectivity index (χ3n) is 5.29. The third-order valence-corrected chi connectivity index (χ3v) is 6.07. The Kier molecular flexibility index (Phi) is 6.13. The molecule has 1 aliphatic carbocycles. The number of amides is 1. The molecule has 1 heterocycles. The minimum atomic E-state index is -0.919. The van der Waals surface area contributed by atoms with Gasteiger partial charge in [-0.05, 0) is 26.0 Å². The number of halogens is 1. The summed E-state index contributed by atoms with van der Waals surface area (Å²) >= 11 is 1.62. The molecule has 3 N–H and O–H groups in total. The van der Waals surface area contributed by atoms with Gasteiger partial charge in [0.25, 0.3) is 0 Å². The SMILES string of the molecule is CCOC1CC(N)(C(=O)Nc2ccc(-c3csc(C)n3)cc2)C1(C)C.Cl. The van der Waals surface area contributed by atoms with Crippen LogP contribution in [0.4, 0.5) is 5.69 Å². The number of carbonyl (C=O) groups is 1. The van der Waals surface area contributed by atoms with E-state index in [0.29, 0.717) is 13.0 Å². The van der Waals surface area contributed by atoms with Gasteiger partial charge >= 0.3 is 0 Å². The third kappa shape index (κ3) is 3.51. The summed E-state index contributed by atoms with van der Waals surface area (Å²) in [6.07, 6.45) is 0.555. The summed E-state index contributed by atoms with van der Waals surface area (Å²) in [4.78, 5) is 17.2. The Balaban J connectivity index is 0.00000243. The lowest BCUT2D eigenvalue weighted by molar-refractivity contribution is -0.166. The molecule has 142 valence electrons. The van der Waals surface area contributed by atoms with Crippen molar-refractivity contribution < 1.29 is 9.53 Å². The maximum absolute atomic E-state index is 12.7. The zero-order chi connectivity index (χ0) is 18.2. The fraction of sp³-hybridized carbons (Fsp3) is 0.474. The van der Waals surface area contributed by atoms with Crippen LogP contribution in [-0.4, -0.2) is 29.1 Å². The number of nitrogens with one attached hydrogen (secondary N) is 1. The van der Waals surface area contributed by atoms with Gasteiger partial charge in [-0.25, -0.2) is 4.98 Å². The number of anilines is 1. The first kappa shape index (κ1) is 20.8. The normalized spacial score (nSPS) is 23.7. The second kappa shape index (κ2) is 7.64. The predicted molar refractivity (Wildman–Crippen MR) is 109 cm³/mol. The molecule has 2 atom stereocenters. The molecule has 2 aromatic rings. The first-order chi connectivity index (χ1) is 11.8. The van der Waals surface area contributed by atoms with Gasteiger partial charge in [-0.15, -0.1) is 23.7 Å². The Bertz CT molecular complexity index is 775. The molecule has 26 heavy (non-hydrogen) atoms. The van der Waals surface area contributed by atoms with Crippen molar-refractivity contribution in [2.75, 3.05) is 11.9 Å².